The number of hydrogen-bond donors (Lipinski definition) is 3. The fourth-order valence-electron chi connectivity index (χ4n) is 0.551. The Morgan fingerprint density at radius 2 is 1.86 bits per heavy atom. The maximum absolute atomic E-state index is 10.7. The van der Waals surface area contributed by atoms with Crippen LogP contribution in [0.5, 0.6) is 0 Å². The van der Waals surface area contributed by atoms with Gasteiger partial charge in [0.2, 0.25) is 0 Å². The summed E-state index contributed by atoms with van der Waals surface area (Å²) in [4.78, 5) is 40.7. The SMILES string of the molecule is O=COC(=O)C(O)(C=O)C(O)C(=O)O. The molecule has 0 radical (unpaired) electrons. The maximum Gasteiger partial charge on any atom is 0.356 e. The molecule has 0 aromatic heterocycles. The molecule has 78 valence electrons. The molecule has 0 aliphatic carbocycles. The van der Waals surface area contributed by atoms with Crippen molar-refractivity contribution < 1.29 is 39.2 Å². The Morgan fingerprint density at radius 1 is 1.36 bits per heavy atom. The number of aliphatic hydroxyl groups is 2. The van der Waals surface area contributed by atoms with Crippen LogP contribution in [0.15, 0.2) is 0 Å². The van der Waals surface area contributed by atoms with Gasteiger partial charge in [0.1, 0.15) is 0 Å². The lowest BCUT2D eigenvalue weighted by Crippen LogP contribution is -2.55. The molecule has 0 aromatic rings. The van der Waals surface area contributed by atoms with Crippen molar-refractivity contribution in [3.05, 3.63) is 0 Å². The second-order valence-electron chi connectivity index (χ2n) is 2.19. The zero-order valence-electron chi connectivity index (χ0n) is 6.61. The largest absolute Gasteiger partial charge is 0.479 e. The van der Waals surface area contributed by atoms with Crippen molar-refractivity contribution >= 4 is 24.7 Å². The van der Waals surface area contributed by atoms with E-state index in [1.807, 2.05) is 0 Å². The molecule has 0 aliphatic rings. The average molecular weight is 206 g/mol. The number of ether oxygens (including phenoxy) is 1. The van der Waals surface area contributed by atoms with Gasteiger partial charge in [-0.05, 0) is 0 Å². The summed E-state index contributed by atoms with van der Waals surface area (Å²) in [5.41, 5.74) is -3.28. The van der Waals surface area contributed by atoms with Gasteiger partial charge in [0, 0.05) is 0 Å². The lowest BCUT2D eigenvalue weighted by molar-refractivity contribution is -0.186. The molecule has 0 saturated carbocycles. The molecule has 0 heterocycles. The van der Waals surface area contributed by atoms with Gasteiger partial charge < -0.3 is 20.1 Å². The third-order valence-electron chi connectivity index (χ3n) is 1.31. The highest BCUT2D eigenvalue weighted by atomic mass is 16.6. The van der Waals surface area contributed by atoms with Crippen molar-refractivity contribution in [3.63, 3.8) is 0 Å². The summed E-state index contributed by atoms with van der Waals surface area (Å²) in [5.74, 6) is -3.88. The van der Waals surface area contributed by atoms with Crippen LogP contribution in [0, 0.1) is 0 Å². The molecular formula is C6H6O8. The van der Waals surface area contributed by atoms with E-state index in [9.17, 15) is 19.2 Å². The topological polar surface area (TPSA) is 138 Å². The van der Waals surface area contributed by atoms with Crippen molar-refractivity contribution in [1.82, 2.24) is 0 Å². The Balaban J connectivity index is 4.96. The molecular weight excluding hydrogens is 200 g/mol. The highest BCUT2D eigenvalue weighted by Crippen LogP contribution is 2.10. The van der Waals surface area contributed by atoms with E-state index in [-0.39, 0.29) is 0 Å². The minimum absolute atomic E-state index is 0.411. The van der Waals surface area contributed by atoms with Crippen LogP contribution in [0.2, 0.25) is 0 Å². The molecule has 0 fully saturated rings. The first-order chi connectivity index (χ1) is 6.40. The van der Waals surface area contributed by atoms with E-state index >= 15 is 0 Å². The number of hydrogen-bond acceptors (Lipinski definition) is 7. The zero-order valence-corrected chi connectivity index (χ0v) is 6.61. The normalized spacial score (nSPS) is 16.1. The quantitative estimate of drug-likeness (QED) is 0.246. The fraction of sp³-hybridized carbons (Fsp3) is 0.333. The van der Waals surface area contributed by atoms with Crippen LogP contribution in [0.4, 0.5) is 0 Å². The number of carbonyl (C=O) groups excluding carboxylic acids is 3. The minimum Gasteiger partial charge on any atom is -0.479 e. The third-order valence-corrected chi connectivity index (χ3v) is 1.31. The van der Waals surface area contributed by atoms with Crippen molar-refractivity contribution in [2.45, 2.75) is 11.7 Å². The number of aliphatic hydroxyl groups excluding tert-OH is 1. The van der Waals surface area contributed by atoms with Crippen LogP contribution in [-0.2, 0) is 23.9 Å². The molecule has 8 heteroatoms. The lowest BCUT2D eigenvalue weighted by Gasteiger charge is -2.20. The molecule has 0 saturated heterocycles. The summed E-state index contributed by atoms with van der Waals surface area (Å²) in [7, 11) is 0. The standard InChI is InChI=1S/C6H6O8/c7-1-6(13,3(9)4(10)11)5(12)14-2-8/h1-3,9,13H,(H,10,11). The number of esters is 1. The Hall–Kier alpha value is -1.80. The van der Waals surface area contributed by atoms with Crippen molar-refractivity contribution in [2.24, 2.45) is 0 Å². The van der Waals surface area contributed by atoms with Crippen LogP contribution in [0.25, 0.3) is 0 Å². The van der Waals surface area contributed by atoms with E-state index in [2.05, 4.69) is 4.74 Å². The molecule has 2 atom stereocenters. The molecule has 0 aliphatic heterocycles. The summed E-state index contributed by atoms with van der Waals surface area (Å²) in [6.45, 7) is -0.411. The maximum atomic E-state index is 10.7. The monoisotopic (exact) mass is 206 g/mol. The smallest absolute Gasteiger partial charge is 0.356 e. The lowest BCUT2D eigenvalue weighted by atomic mass is 9.99. The van der Waals surface area contributed by atoms with Crippen LogP contribution < -0.4 is 0 Å². The Labute approximate surface area is 76.7 Å². The number of aliphatic carboxylic acids is 1. The molecule has 0 bridgehead atoms. The minimum atomic E-state index is -3.28. The van der Waals surface area contributed by atoms with Crippen LogP contribution >= 0.6 is 0 Å². The van der Waals surface area contributed by atoms with E-state index in [0.29, 0.717) is 0 Å². The second-order valence-corrected chi connectivity index (χ2v) is 2.19. The number of carboxylic acid groups (broad SMARTS) is 1. The molecule has 14 heavy (non-hydrogen) atoms. The van der Waals surface area contributed by atoms with E-state index in [1.54, 1.807) is 0 Å². The van der Waals surface area contributed by atoms with Crippen LogP contribution in [-0.4, -0.2) is 51.7 Å². The Bertz CT molecular complexity index is 271. The van der Waals surface area contributed by atoms with Gasteiger partial charge in [-0.15, -0.1) is 0 Å². The van der Waals surface area contributed by atoms with Crippen molar-refractivity contribution in [1.29, 1.82) is 0 Å². The highest BCUT2D eigenvalue weighted by molar-refractivity contribution is 6.03. The van der Waals surface area contributed by atoms with Gasteiger partial charge in [-0.2, -0.15) is 0 Å². The first-order valence-electron chi connectivity index (χ1n) is 3.14. The molecule has 0 spiro atoms. The summed E-state index contributed by atoms with van der Waals surface area (Å²) >= 11 is 0. The van der Waals surface area contributed by atoms with Gasteiger partial charge in [-0.1, -0.05) is 0 Å². The van der Waals surface area contributed by atoms with Gasteiger partial charge in [0.05, 0.1) is 0 Å². The third kappa shape index (κ3) is 2.12. The molecule has 3 N–H and O–H groups in total. The van der Waals surface area contributed by atoms with E-state index in [4.69, 9.17) is 15.3 Å². The molecule has 0 rings (SSSR count). The Morgan fingerprint density at radius 3 is 2.14 bits per heavy atom. The van der Waals surface area contributed by atoms with Gasteiger partial charge >= 0.3 is 18.4 Å². The van der Waals surface area contributed by atoms with Crippen LogP contribution in [0.3, 0.4) is 0 Å². The Kier molecular flexibility index (Phi) is 3.87. The first kappa shape index (κ1) is 12.2. The average Bonchev–Trinajstić information content (AvgIpc) is 2.15. The van der Waals surface area contributed by atoms with E-state index < -0.39 is 36.4 Å². The number of aldehydes is 1. The molecule has 0 amide bonds. The summed E-state index contributed by atoms with van der Waals surface area (Å²) < 4.78 is 3.55. The van der Waals surface area contributed by atoms with Crippen molar-refractivity contribution in [3.8, 4) is 0 Å². The first-order valence-corrected chi connectivity index (χ1v) is 3.14. The number of rotatable bonds is 5. The van der Waals surface area contributed by atoms with Gasteiger partial charge in [-0.3, -0.25) is 9.59 Å². The number of carboxylic acids is 1. The van der Waals surface area contributed by atoms with E-state index in [0.717, 1.165) is 0 Å². The van der Waals surface area contributed by atoms with Gasteiger partial charge in [-0.25, -0.2) is 9.59 Å². The molecule has 8 nitrogen and oxygen atoms in total. The fourth-order valence-corrected chi connectivity index (χ4v) is 0.551. The zero-order chi connectivity index (χ0) is 11.4. The van der Waals surface area contributed by atoms with Gasteiger partial charge in [0.15, 0.2) is 12.4 Å². The predicted octanol–water partition coefficient (Wildman–Crippen LogP) is -2.94. The predicted molar refractivity (Wildman–Crippen MR) is 36.8 cm³/mol. The van der Waals surface area contributed by atoms with Gasteiger partial charge in [0.25, 0.3) is 5.60 Å². The second kappa shape index (κ2) is 4.44. The molecule has 0 aromatic carbocycles. The number of carbonyl (C=O) groups is 4. The summed E-state index contributed by atoms with van der Waals surface area (Å²) in [6, 6.07) is 0. The van der Waals surface area contributed by atoms with E-state index in [1.165, 1.54) is 0 Å². The molecule has 2 unspecified atom stereocenters. The summed E-state index contributed by atoms with van der Waals surface area (Å²) in [6.07, 6.45) is -3.23. The highest BCUT2D eigenvalue weighted by Gasteiger charge is 2.49. The summed E-state index contributed by atoms with van der Waals surface area (Å²) in [5, 5.41) is 26.0. The van der Waals surface area contributed by atoms with Crippen LogP contribution in [0.1, 0.15) is 0 Å². The van der Waals surface area contributed by atoms with Crippen molar-refractivity contribution in [2.75, 3.05) is 0 Å².